The lowest BCUT2D eigenvalue weighted by atomic mass is 10.1. The monoisotopic (exact) mass is 268 g/mol. The first-order chi connectivity index (χ1) is 8.29. The van der Waals surface area contributed by atoms with Crippen LogP contribution in [0.1, 0.15) is 25.3 Å². The van der Waals surface area contributed by atoms with Crippen molar-refractivity contribution in [2.24, 2.45) is 0 Å². The number of hydrogen-bond donors (Lipinski definition) is 0. The molecule has 0 heterocycles. The maximum absolute atomic E-state index is 12.9. The van der Waals surface area contributed by atoms with Gasteiger partial charge in [-0.2, -0.15) is 22.0 Å². The lowest BCUT2D eigenvalue weighted by molar-refractivity contribution is -0.289. The van der Waals surface area contributed by atoms with Gasteiger partial charge in [0.05, 0.1) is 6.61 Å². The van der Waals surface area contributed by atoms with E-state index in [1.165, 1.54) is 0 Å². The van der Waals surface area contributed by atoms with Crippen LogP contribution in [0.2, 0.25) is 0 Å². The highest BCUT2D eigenvalue weighted by molar-refractivity contribution is 5.30. The van der Waals surface area contributed by atoms with Crippen LogP contribution in [0.3, 0.4) is 0 Å². The summed E-state index contributed by atoms with van der Waals surface area (Å²) in [6.45, 7) is 2.36. The van der Waals surface area contributed by atoms with Gasteiger partial charge in [0.2, 0.25) is 0 Å². The molecule has 6 heteroatoms. The number of benzene rings is 1. The molecule has 0 spiro atoms. The summed E-state index contributed by atoms with van der Waals surface area (Å²) in [6.07, 6.45) is -3.89. The van der Waals surface area contributed by atoms with Crippen LogP contribution in [0.25, 0.3) is 0 Å². The smallest absolute Gasteiger partial charge is 0.458 e. The molecule has 1 aromatic carbocycles. The first kappa shape index (κ1) is 14.7. The van der Waals surface area contributed by atoms with Crippen molar-refractivity contribution < 1.29 is 26.7 Å². The molecule has 1 nitrogen and oxygen atoms in total. The molecule has 18 heavy (non-hydrogen) atoms. The van der Waals surface area contributed by atoms with Crippen LogP contribution >= 0.6 is 0 Å². The summed E-state index contributed by atoms with van der Waals surface area (Å²) < 4.78 is 67.3. The van der Waals surface area contributed by atoms with E-state index < -0.39 is 17.7 Å². The highest BCUT2D eigenvalue weighted by atomic mass is 19.4. The second-order valence-electron chi connectivity index (χ2n) is 3.80. The van der Waals surface area contributed by atoms with Crippen molar-refractivity contribution in [3.8, 4) is 5.75 Å². The van der Waals surface area contributed by atoms with Gasteiger partial charge in [0.15, 0.2) is 0 Å². The fourth-order valence-electron chi connectivity index (χ4n) is 1.26. The average Bonchev–Trinajstić information content (AvgIpc) is 2.28. The van der Waals surface area contributed by atoms with Crippen molar-refractivity contribution in [2.45, 2.75) is 31.9 Å². The van der Waals surface area contributed by atoms with Gasteiger partial charge >= 0.3 is 12.1 Å². The maximum atomic E-state index is 12.9. The van der Waals surface area contributed by atoms with Gasteiger partial charge < -0.3 is 4.74 Å². The Morgan fingerprint density at radius 3 is 2.00 bits per heavy atom. The summed E-state index contributed by atoms with van der Waals surface area (Å²) in [5.41, 5.74) is -1.09. The molecule has 0 fully saturated rings. The SMILES string of the molecule is CCCCOc1ccc(C(F)(F)C(F)(F)F)cc1. The fourth-order valence-corrected chi connectivity index (χ4v) is 1.26. The Kier molecular flexibility index (Phi) is 4.53. The Labute approximate surface area is 102 Å². The molecule has 0 saturated heterocycles. The number of unbranched alkanes of at least 4 members (excludes halogenated alkanes) is 1. The van der Waals surface area contributed by atoms with E-state index in [0.29, 0.717) is 6.61 Å². The molecule has 1 rings (SSSR count). The van der Waals surface area contributed by atoms with E-state index in [9.17, 15) is 22.0 Å². The normalized spacial score (nSPS) is 12.6. The van der Waals surface area contributed by atoms with Gasteiger partial charge in [-0.1, -0.05) is 13.3 Å². The molecule has 1 aromatic rings. The minimum Gasteiger partial charge on any atom is -0.494 e. The fraction of sp³-hybridized carbons (Fsp3) is 0.500. The second kappa shape index (κ2) is 5.54. The Morgan fingerprint density at radius 2 is 1.56 bits per heavy atom. The third kappa shape index (κ3) is 3.34. The van der Waals surface area contributed by atoms with Crippen molar-refractivity contribution in [3.63, 3.8) is 0 Å². The first-order valence-electron chi connectivity index (χ1n) is 5.47. The Bertz CT molecular complexity index is 369. The van der Waals surface area contributed by atoms with Crippen LogP contribution in [-0.4, -0.2) is 12.8 Å². The zero-order valence-electron chi connectivity index (χ0n) is 9.73. The summed E-state index contributed by atoms with van der Waals surface area (Å²) >= 11 is 0. The molecule has 0 N–H and O–H groups in total. The molecule has 0 saturated carbocycles. The maximum Gasteiger partial charge on any atom is 0.458 e. The van der Waals surface area contributed by atoms with E-state index in [1.54, 1.807) is 0 Å². The largest absolute Gasteiger partial charge is 0.494 e. The summed E-state index contributed by atoms with van der Waals surface area (Å²) in [6, 6.07) is 3.69. The molecule has 0 bridgehead atoms. The van der Waals surface area contributed by atoms with E-state index in [2.05, 4.69) is 0 Å². The van der Waals surface area contributed by atoms with E-state index in [-0.39, 0.29) is 5.75 Å². The van der Waals surface area contributed by atoms with Gasteiger partial charge in [-0.3, -0.25) is 0 Å². The standard InChI is InChI=1S/C12H13F5O/c1-2-3-8-18-10-6-4-9(5-7-10)11(13,14)12(15,16)17/h4-7H,2-3,8H2,1H3. The molecule has 0 aliphatic heterocycles. The highest BCUT2D eigenvalue weighted by Crippen LogP contribution is 2.43. The molecular formula is C12H13F5O. The van der Waals surface area contributed by atoms with Crippen molar-refractivity contribution >= 4 is 0 Å². The Balaban J connectivity index is 2.77. The van der Waals surface area contributed by atoms with Crippen molar-refractivity contribution in [1.82, 2.24) is 0 Å². The number of ether oxygens (including phenoxy) is 1. The molecule has 0 amide bonds. The zero-order valence-corrected chi connectivity index (χ0v) is 9.73. The van der Waals surface area contributed by atoms with Crippen LogP contribution in [-0.2, 0) is 5.92 Å². The van der Waals surface area contributed by atoms with E-state index in [0.717, 1.165) is 37.1 Å². The Hall–Kier alpha value is -1.33. The summed E-state index contributed by atoms with van der Waals surface area (Å²) in [5, 5.41) is 0. The number of hydrogen-bond acceptors (Lipinski definition) is 1. The summed E-state index contributed by atoms with van der Waals surface area (Å²) in [7, 11) is 0. The minimum atomic E-state index is -5.59. The highest BCUT2D eigenvalue weighted by Gasteiger charge is 2.58. The van der Waals surface area contributed by atoms with E-state index in [1.807, 2.05) is 6.92 Å². The quantitative estimate of drug-likeness (QED) is 0.563. The molecule has 102 valence electrons. The van der Waals surface area contributed by atoms with Gasteiger partial charge in [-0.25, -0.2) is 0 Å². The van der Waals surface area contributed by atoms with Crippen LogP contribution in [0, 0.1) is 0 Å². The van der Waals surface area contributed by atoms with Crippen molar-refractivity contribution in [1.29, 1.82) is 0 Å². The van der Waals surface area contributed by atoms with Gasteiger partial charge in [0, 0.05) is 5.56 Å². The molecular weight excluding hydrogens is 255 g/mol. The topological polar surface area (TPSA) is 9.23 Å². The lowest BCUT2D eigenvalue weighted by Gasteiger charge is -2.20. The average molecular weight is 268 g/mol. The molecule has 0 aliphatic rings. The predicted octanol–water partition coefficient (Wildman–Crippen LogP) is 4.52. The van der Waals surface area contributed by atoms with Crippen LogP contribution in [0.5, 0.6) is 5.75 Å². The zero-order chi connectivity index (χ0) is 13.8. The Morgan fingerprint density at radius 1 is 1.00 bits per heavy atom. The number of alkyl halides is 5. The van der Waals surface area contributed by atoms with Crippen LogP contribution in [0.15, 0.2) is 24.3 Å². The molecule has 0 atom stereocenters. The van der Waals surface area contributed by atoms with Crippen molar-refractivity contribution in [3.05, 3.63) is 29.8 Å². The van der Waals surface area contributed by atoms with Gasteiger partial charge in [-0.05, 0) is 30.7 Å². The third-order valence-electron chi connectivity index (χ3n) is 2.34. The number of rotatable bonds is 5. The molecule has 0 aromatic heterocycles. The van der Waals surface area contributed by atoms with E-state index in [4.69, 9.17) is 4.74 Å². The summed E-state index contributed by atoms with van der Waals surface area (Å²) in [5.74, 6) is -4.56. The summed E-state index contributed by atoms with van der Waals surface area (Å²) in [4.78, 5) is 0. The second-order valence-corrected chi connectivity index (χ2v) is 3.80. The number of halogens is 5. The lowest BCUT2D eigenvalue weighted by Crippen LogP contribution is -2.33. The van der Waals surface area contributed by atoms with Gasteiger partial charge in [0.1, 0.15) is 5.75 Å². The minimum absolute atomic E-state index is 0.283. The first-order valence-corrected chi connectivity index (χ1v) is 5.47. The van der Waals surface area contributed by atoms with E-state index >= 15 is 0 Å². The van der Waals surface area contributed by atoms with Gasteiger partial charge in [0.25, 0.3) is 0 Å². The third-order valence-corrected chi connectivity index (χ3v) is 2.34. The van der Waals surface area contributed by atoms with Gasteiger partial charge in [-0.15, -0.1) is 0 Å². The van der Waals surface area contributed by atoms with Crippen molar-refractivity contribution in [2.75, 3.05) is 6.61 Å². The van der Waals surface area contributed by atoms with Crippen LogP contribution < -0.4 is 4.74 Å². The molecule has 0 unspecified atom stereocenters. The van der Waals surface area contributed by atoms with Crippen LogP contribution in [0.4, 0.5) is 22.0 Å². The predicted molar refractivity (Wildman–Crippen MR) is 56.8 cm³/mol. The molecule has 0 aliphatic carbocycles. The molecule has 0 radical (unpaired) electrons.